The smallest absolute Gasteiger partial charge is 0.167 e. The molecule has 0 amide bonds. The minimum atomic E-state index is -0.903. The van der Waals surface area contributed by atoms with Gasteiger partial charge in [-0.3, -0.25) is 0 Å². The van der Waals surface area contributed by atoms with E-state index < -0.39 is 17.5 Å². The Kier molecular flexibility index (Phi) is 6.13. The molecule has 2 fully saturated rings. The summed E-state index contributed by atoms with van der Waals surface area (Å²) in [5.41, 5.74) is 1.95. The Bertz CT molecular complexity index is 1130. The van der Waals surface area contributed by atoms with Crippen LogP contribution in [0.2, 0.25) is 0 Å². The minimum absolute atomic E-state index is 0.0348. The number of halogens is 3. The summed E-state index contributed by atoms with van der Waals surface area (Å²) in [6.45, 7) is 3.70. The Hall–Kier alpha value is -2.83. The summed E-state index contributed by atoms with van der Waals surface area (Å²) in [6.07, 6.45) is 1.72. The molecule has 0 aromatic heterocycles. The fourth-order valence-corrected chi connectivity index (χ4v) is 4.17. The molecule has 0 N–H and O–H groups in total. The highest BCUT2D eigenvalue weighted by atomic mass is 19.2. The second-order valence-corrected chi connectivity index (χ2v) is 8.82. The van der Waals surface area contributed by atoms with Crippen molar-refractivity contribution in [3.8, 4) is 28.0 Å². The van der Waals surface area contributed by atoms with Crippen molar-refractivity contribution in [2.75, 3.05) is 19.8 Å². The van der Waals surface area contributed by atoms with Gasteiger partial charge in [0.1, 0.15) is 24.3 Å². The molecule has 0 radical (unpaired) electrons. The first-order valence-electron chi connectivity index (χ1n) is 11.2. The van der Waals surface area contributed by atoms with E-state index in [1.54, 1.807) is 48.5 Å². The monoisotopic (exact) mass is 454 g/mol. The van der Waals surface area contributed by atoms with Gasteiger partial charge in [-0.1, -0.05) is 43.3 Å². The Morgan fingerprint density at radius 1 is 0.818 bits per heavy atom. The van der Waals surface area contributed by atoms with Crippen LogP contribution in [0.3, 0.4) is 0 Å². The Morgan fingerprint density at radius 3 is 2.15 bits per heavy atom. The van der Waals surface area contributed by atoms with Crippen LogP contribution >= 0.6 is 0 Å². The number of rotatable bonds is 6. The van der Waals surface area contributed by atoms with Crippen molar-refractivity contribution in [1.29, 1.82) is 0 Å². The van der Waals surface area contributed by atoms with E-state index in [-0.39, 0.29) is 23.3 Å². The van der Waals surface area contributed by atoms with Crippen molar-refractivity contribution in [3.05, 3.63) is 77.6 Å². The van der Waals surface area contributed by atoms with Gasteiger partial charge >= 0.3 is 0 Å². The number of ether oxygens (including phenoxy) is 3. The maximum Gasteiger partial charge on any atom is 0.167 e. The lowest BCUT2D eigenvalue weighted by Crippen LogP contribution is -2.29. The molecule has 0 bridgehead atoms. The molecule has 2 aliphatic heterocycles. The molecule has 3 aromatic carbocycles. The van der Waals surface area contributed by atoms with Crippen molar-refractivity contribution < 1.29 is 27.4 Å². The average molecular weight is 454 g/mol. The van der Waals surface area contributed by atoms with Crippen molar-refractivity contribution in [2.24, 2.45) is 5.92 Å². The molecule has 2 saturated heterocycles. The van der Waals surface area contributed by atoms with Crippen LogP contribution in [0.5, 0.6) is 5.75 Å². The lowest BCUT2D eigenvalue weighted by molar-refractivity contribution is -0.0333. The van der Waals surface area contributed by atoms with Crippen LogP contribution < -0.4 is 4.74 Å². The molecule has 2 aliphatic rings. The molecule has 5 rings (SSSR count). The van der Waals surface area contributed by atoms with Gasteiger partial charge in [0.2, 0.25) is 0 Å². The summed E-state index contributed by atoms with van der Waals surface area (Å²) >= 11 is 0. The lowest BCUT2D eigenvalue weighted by atomic mass is 9.98. The third-order valence-corrected chi connectivity index (χ3v) is 6.27. The first-order valence-corrected chi connectivity index (χ1v) is 11.2. The number of hydrogen-bond donors (Lipinski definition) is 0. The first-order chi connectivity index (χ1) is 16.0. The van der Waals surface area contributed by atoms with Gasteiger partial charge in [-0.05, 0) is 42.0 Å². The van der Waals surface area contributed by atoms with Crippen LogP contribution in [-0.4, -0.2) is 25.9 Å². The third-order valence-electron chi connectivity index (χ3n) is 6.27. The van der Waals surface area contributed by atoms with Crippen LogP contribution in [0.1, 0.15) is 31.4 Å². The lowest BCUT2D eigenvalue weighted by Gasteiger charge is -2.26. The normalized spacial score (nSPS) is 22.2. The van der Waals surface area contributed by atoms with Crippen LogP contribution in [0.15, 0.2) is 54.6 Å². The predicted octanol–water partition coefficient (Wildman–Crippen LogP) is 6.70. The Labute approximate surface area is 191 Å². The molecule has 3 unspecified atom stereocenters. The van der Waals surface area contributed by atoms with Gasteiger partial charge in [0.15, 0.2) is 11.6 Å². The van der Waals surface area contributed by atoms with E-state index in [0.717, 1.165) is 19.4 Å². The zero-order valence-electron chi connectivity index (χ0n) is 18.3. The quantitative estimate of drug-likeness (QED) is 0.388. The van der Waals surface area contributed by atoms with E-state index in [1.165, 1.54) is 6.07 Å². The van der Waals surface area contributed by atoms with Crippen molar-refractivity contribution in [1.82, 2.24) is 0 Å². The van der Waals surface area contributed by atoms with Crippen molar-refractivity contribution in [2.45, 2.75) is 32.0 Å². The number of epoxide rings is 1. The first kappa shape index (κ1) is 22.0. The van der Waals surface area contributed by atoms with Crippen LogP contribution in [0.25, 0.3) is 22.3 Å². The SMILES string of the molecule is CC1CCC(COc2ccc(-c3ccc(-c4ccc(C5CO5)c(F)c4F)cc3)c(F)c2)OC1. The van der Waals surface area contributed by atoms with Crippen LogP contribution in [0, 0.1) is 23.4 Å². The Morgan fingerprint density at radius 2 is 1.52 bits per heavy atom. The van der Waals surface area contributed by atoms with Gasteiger partial charge in [-0.25, -0.2) is 13.2 Å². The molecular weight excluding hydrogens is 429 g/mol. The van der Waals surface area contributed by atoms with Gasteiger partial charge in [0, 0.05) is 29.4 Å². The molecule has 0 spiro atoms. The topological polar surface area (TPSA) is 31.0 Å². The second-order valence-electron chi connectivity index (χ2n) is 8.82. The van der Waals surface area contributed by atoms with Crippen molar-refractivity contribution >= 4 is 0 Å². The third kappa shape index (κ3) is 4.77. The maximum atomic E-state index is 14.8. The summed E-state index contributed by atoms with van der Waals surface area (Å²) < 4.78 is 60.2. The van der Waals surface area contributed by atoms with Gasteiger partial charge < -0.3 is 14.2 Å². The highest BCUT2D eigenvalue weighted by Crippen LogP contribution is 2.36. The van der Waals surface area contributed by atoms with E-state index in [4.69, 9.17) is 14.2 Å². The molecule has 3 atom stereocenters. The fourth-order valence-electron chi connectivity index (χ4n) is 4.17. The standard InChI is InChI=1S/C27H25F3O3/c1-16-2-7-20(31-13-16)14-32-19-8-9-21(24(28)12-19)17-3-5-18(6-4-17)22-10-11-23(25-15-33-25)27(30)26(22)29/h3-6,8-12,16,20,25H,2,7,13-15H2,1H3. The van der Waals surface area contributed by atoms with E-state index >= 15 is 0 Å². The minimum Gasteiger partial charge on any atom is -0.491 e. The van der Waals surface area contributed by atoms with Gasteiger partial charge in [0.25, 0.3) is 0 Å². The van der Waals surface area contributed by atoms with Gasteiger partial charge in [-0.2, -0.15) is 0 Å². The zero-order chi connectivity index (χ0) is 22.9. The van der Waals surface area contributed by atoms with E-state index in [9.17, 15) is 13.2 Å². The summed E-state index contributed by atoms with van der Waals surface area (Å²) in [5, 5.41) is 0. The van der Waals surface area contributed by atoms with Gasteiger partial charge in [0.05, 0.1) is 12.7 Å². The number of hydrogen-bond acceptors (Lipinski definition) is 3. The molecule has 2 heterocycles. The largest absolute Gasteiger partial charge is 0.491 e. The summed E-state index contributed by atoms with van der Waals surface area (Å²) in [5.74, 6) is -1.18. The highest BCUT2D eigenvalue weighted by molar-refractivity contribution is 5.71. The highest BCUT2D eigenvalue weighted by Gasteiger charge is 2.30. The molecule has 172 valence electrons. The molecule has 6 heteroatoms. The average Bonchev–Trinajstić information content (AvgIpc) is 3.66. The predicted molar refractivity (Wildman–Crippen MR) is 120 cm³/mol. The van der Waals surface area contributed by atoms with E-state index in [1.807, 2.05) is 0 Å². The molecule has 33 heavy (non-hydrogen) atoms. The van der Waals surface area contributed by atoms with Crippen LogP contribution in [-0.2, 0) is 9.47 Å². The molecule has 0 aliphatic carbocycles. The fraction of sp³-hybridized carbons (Fsp3) is 0.333. The van der Waals surface area contributed by atoms with Crippen molar-refractivity contribution in [3.63, 3.8) is 0 Å². The number of benzene rings is 3. The second kappa shape index (κ2) is 9.20. The summed E-state index contributed by atoms with van der Waals surface area (Å²) in [4.78, 5) is 0. The molecule has 3 aromatic rings. The molecule has 3 nitrogen and oxygen atoms in total. The molecule has 0 saturated carbocycles. The summed E-state index contributed by atoms with van der Waals surface area (Å²) in [7, 11) is 0. The molecular formula is C27H25F3O3. The van der Waals surface area contributed by atoms with E-state index in [2.05, 4.69) is 6.92 Å². The maximum absolute atomic E-state index is 14.8. The Balaban J connectivity index is 1.28. The van der Waals surface area contributed by atoms with E-state index in [0.29, 0.717) is 41.6 Å². The van der Waals surface area contributed by atoms with Gasteiger partial charge in [-0.15, -0.1) is 0 Å². The zero-order valence-corrected chi connectivity index (χ0v) is 18.3. The summed E-state index contributed by atoms with van der Waals surface area (Å²) in [6, 6.07) is 14.6. The van der Waals surface area contributed by atoms with Crippen LogP contribution in [0.4, 0.5) is 13.2 Å².